The van der Waals surface area contributed by atoms with E-state index in [2.05, 4.69) is 29.1 Å². The van der Waals surface area contributed by atoms with E-state index in [-0.39, 0.29) is 0 Å². The van der Waals surface area contributed by atoms with Crippen LogP contribution in [0.2, 0.25) is 0 Å². The average Bonchev–Trinajstić information content (AvgIpc) is 2.62. The van der Waals surface area contributed by atoms with Crippen molar-refractivity contribution in [3.8, 4) is 0 Å². The van der Waals surface area contributed by atoms with E-state index in [1.807, 2.05) is 12.2 Å². The van der Waals surface area contributed by atoms with E-state index in [1.165, 1.54) is 10.4 Å². The summed E-state index contributed by atoms with van der Waals surface area (Å²) in [6.45, 7) is 5.52. The first-order valence-corrected chi connectivity index (χ1v) is 6.35. The lowest BCUT2D eigenvalue weighted by Crippen LogP contribution is -2.02. The normalized spacial score (nSPS) is 11.5. The molecule has 0 saturated heterocycles. The second-order valence-corrected chi connectivity index (χ2v) is 4.98. The predicted molar refractivity (Wildman–Crippen MR) is 73.6 cm³/mol. The standard InChI is InChI=1S/C12H16N4S/c1-8-9(2)17-12-10(8)11(15-7-16-12)14-6-4-3-5-13/h3-4,7H,5-6,13H2,1-2H3,(H,14,15,16)/b4-3+. The Balaban J connectivity index is 2.30. The molecule has 0 aliphatic heterocycles. The first-order valence-electron chi connectivity index (χ1n) is 5.53. The van der Waals surface area contributed by atoms with Gasteiger partial charge in [0.1, 0.15) is 17.0 Å². The topological polar surface area (TPSA) is 63.8 Å². The third-order valence-electron chi connectivity index (χ3n) is 2.66. The number of rotatable bonds is 4. The minimum atomic E-state index is 0.567. The van der Waals surface area contributed by atoms with E-state index < -0.39 is 0 Å². The van der Waals surface area contributed by atoms with Gasteiger partial charge >= 0.3 is 0 Å². The van der Waals surface area contributed by atoms with Crippen LogP contribution in [0, 0.1) is 13.8 Å². The Morgan fingerprint density at radius 2 is 2.18 bits per heavy atom. The molecule has 2 rings (SSSR count). The van der Waals surface area contributed by atoms with Crippen LogP contribution in [0.1, 0.15) is 10.4 Å². The molecule has 3 N–H and O–H groups in total. The number of nitrogens with zero attached hydrogens (tertiary/aromatic N) is 2. The molecule has 0 aromatic carbocycles. The van der Waals surface area contributed by atoms with Gasteiger partial charge in [-0.15, -0.1) is 11.3 Å². The summed E-state index contributed by atoms with van der Waals surface area (Å²) in [6.07, 6.45) is 5.53. The smallest absolute Gasteiger partial charge is 0.138 e. The first-order chi connectivity index (χ1) is 8.24. The third-order valence-corrected chi connectivity index (χ3v) is 3.77. The maximum Gasteiger partial charge on any atom is 0.138 e. The van der Waals surface area contributed by atoms with Crippen molar-refractivity contribution in [2.75, 3.05) is 18.4 Å². The van der Waals surface area contributed by atoms with Crippen LogP contribution in [-0.2, 0) is 0 Å². The number of aryl methyl sites for hydroxylation is 2. The molecular weight excluding hydrogens is 232 g/mol. The Morgan fingerprint density at radius 3 is 2.94 bits per heavy atom. The third kappa shape index (κ3) is 2.45. The molecule has 17 heavy (non-hydrogen) atoms. The van der Waals surface area contributed by atoms with Crippen LogP contribution in [0.4, 0.5) is 5.82 Å². The van der Waals surface area contributed by atoms with E-state index in [0.29, 0.717) is 6.54 Å². The highest BCUT2D eigenvalue weighted by Crippen LogP contribution is 2.32. The zero-order chi connectivity index (χ0) is 12.3. The fourth-order valence-corrected chi connectivity index (χ4v) is 2.65. The highest BCUT2D eigenvalue weighted by molar-refractivity contribution is 7.18. The lowest BCUT2D eigenvalue weighted by atomic mass is 10.2. The Bertz CT molecular complexity index is 545. The Hall–Kier alpha value is -1.46. The summed E-state index contributed by atoms with van der Waals surface area (Å²) in [5, 5.41) is 4.43. The van der Waals surface area contributed by atoms with Crippen molar-refractivity contribution < 1.29 is 0 Å². The van der Waals surface area contributed by atoms with Crippen molar-refractivity contribution in [3.63, 3.8) is 0 Å². The maximum absolute atomic E-state index is 5.39. The van der Waals surface area contributed by atoms with E-state index in [1.54, 1.807) is 17.7 Å². The van der Waals surface area contributed by atoms with Crippen LogP contribution < -0.4 is 11.1 Å². The van der Waals surface area contributed by atoms with Gasteiger partial charge < -0.3 is 11.1 Å². The summed E-state index contributed by atoms with van der Waals surface area (Å²) >= 11 is 1.71. The fraction of sp³-hybridized carbons (Fsp3) is 0.333. The molecule has 2 heterocycles. The molecule has 0 saturated carbocycles. The zero-order valence-corrected chi connectivity index (χ0v) is 10.8. The average molecular weight is 248 g/mol. The molecule has 0 spiro atoms. The number of nitrogens with one attached hydrogen (secondary N) is 1. The van der Waals surface area contributed by atoms with Gasteiger partial charge in [-0.3, -0.25) is 0 Å². The molecule has 2 aromatic heterocycles. The minimum Gasteiger partial charge on any atom is -0.366 e. The van der Waals surface area contributed by atoms with E-state index in [9.17, 15) is 0 Å². The molecule has 5 heteroatoms. The van der Waals surface area contributed by atoms with Crippen molar-refractivity contribution in [2.45, 2.75) is 13.8 Å². The molecule has 0 radical (unpaired) electrons. The Labute approximate surface area is 105 Å². The van der Waals surface area contributed by atoms with Gasteiger partial charge in [0.25, 0.3) is 0 Å². The van der Waals surface area contributed by atoms with Gasteiger partial charge in [-0.1, -0.05) is 12.2 Å². The molecule has 90 valence electrons. The lowest BCUT2D eigenvalue weighted by molar-refractivity contribution is 1.17. The van der Waals surface area contributed by atoms with Gasteiger partial charge in [0, 0.05) is 18.0 Å². The molecule has 0 fully saturated rings. The SMILES string of the molecule is Cc1sc2ncnc(NC/C=C/CN)c2c1C. The van der Waals surface area contributed by atoms with Crippen molar-refractivity contribution in [1.82, 2.24) is 9.97 Å². The van der Waals surface area contributed by atoms with Gasteiger partial charge in [-0.2, -0.15) is 0 Å². The number of hydrogen-bond acceptors (Lipinski definition) is 5. The molecule has 0 atom stereocenters. The van der Waals surface area contributed by atoms with Crippen molar-refractivity contribution in [2.24, 2.45) is 5.73 Å². The Kier molecular flexibility index (Phi) is 3.71. The second kappa shape index (κ2) is 5.25. The summed E-state index contributed by atoms with van der Waals surface area (Å²) in [7, 11) is 0. The van der Waals surface area contributed by atoms with Crippen LogP contribution in [0.3, 0.4) is 0 Å². The summed E-state index contributed by atoms with van der Waals surface area (Å²) in [4.78, 5) is 10.9. The van der Waals surface area contributed by atoms with Gasteiger partial charge in [-0.05, 0) is 19.4 Å². The number of thiophene rings is 1. The highest BCUT2D eigenvalue weighted by atomic mass is 32.1. The maximum atomic E-state index is 5.39. The van der Waals surface area contributed by atoms with Crippen LogP contribution >= 0.6 is 11.3 Å². The number of fused-ring (bicyclic) bond motifs is 1. The number of nitrogens with two attached hydrogens (primary N) is 1. The monoisotopic (exact) mass is 248 g/mol. The number of hydrogen-bond donors (Lipinski definition) is 2. The van der Waals surface area contributed by atoms with Crippen molar-refractivity contribution in [1.29, 1.82) is 0 Å². The summed E-state index contributed by atoms with van der Waals surface area (Å²) in [5.41, 5.74) is 6.65. The molecule has 0 aliphatic rings. The van der Waals surface area contributed by atoms with Crippen LogP contribution in [-0.4, -0.2) is 23.1 Å². The number of anilines is 1. The van der Waals surface area contributed by atoms with E-state index in [0.717, 1.165) is 22.6 Å². The molecule has 0 amide bonds. The van der Waals surface area contributed by atoms with Crippen LogP contribution in [0.5, 0.6) is 0 Å². The van der Waals surface area contributed by atoms with Crippen LogP contribution in [0.15, 0.2) is 18.5 Å². The summed E-state index contributed by atoms with van der Waals surface area (Å²) in [5.74, 6) is 0.901. The fourth-order valence-electron chi connectivity index (χ4n) is 1.65. The summed E-state index contributed by atoms with van der Waals surface area (Å²) < 4.78 is 0. The molecule has 0 unspecified atom stereocenters. The second-order valence-electron chi connectivity index (χ2n) is 3.77. The molecule has 4 nitrogen and oxygen atoms in total. The zero-order valence-electron chi connectivity index (χ0n) is 10.0. The van der Waals surface area contributed by atoms with Gasteiger partial charge in [0.15, 0.2) is 0 Å². The van der Waals surface area contributed by atoms with E-state index in [4.69, 9.17) is 5.73 Å². The predicted octanol–water partition coefficient (Wildman–Crippen LogP) is 2.23. The molecule has 0 bridgehead atoms. The highest BCUT2D eigenvalue weighted by Gasteiger charge is 2.10. The number of aromatic nitrogens is 2. The Morgan fingerprint density at radius 1 is 1.35 bits per heavy atom. The van der Waals surface area contributed by atoms with Gasteiger partial charge in [-0.25, -0.2) is 9.97 Å². The summed E-state index contributed by atoms with van der Waals surface area (Å²) in [6, 6.07) is 0. The lowest BCUT2D eigenvalue weighted by Gasteiger charge is -2.04. The molecule has 2 aromatic rings. The van der Waals surface area contributed by atoms with E-state index >= 15 is 0 Å². The quantitative estimate of drug-likeness (QED) is 0.814. The molecule has 0 aliphatic carbocycles. The van der Waals surface area contributed by atoms with Gasteiger partial charge in [0.05, 0.1) is 5.39 Å². The largest absolute Gasteiger partial charge is 0.366 e. The van der Waals surface area contributed by atoms with Crippen molar-refractivity contribution in [3.05, 3.63) is 28.9 Å². The minimum absolute atomic E-state index is 0.567. The van der Waals surface area contributed by atoms with Crippen LogP contribution in [0.25, 0.3) is 10.2 Å². The molecular formula is C12H16N4S. The van der Waals surface area contributed by atoms with Crippen molar-refractivity contribution >= 4 is 27.4 Å². The van der Waals surface area contributed by atoms with Gasteiger partial charge in [0.2, 0.25) is 0 Å². The first kappa shape index (κ1) is 12.0.